The van der Waals surface area contributed by atoms with Gasteiger partial charge in [-0.1, -0.05) is 5.16 Å². The van der Waals surface area contributed by atoms with Crippen LogP contribution in [0.2, 0.25) is 0 Å². The molecule has 6 nitrogen and oxygen atoms in total. The second-order valence-electron chi connectivity index (χ2n) is 6.36. The number of aromatic nitrogens is 4. The maximum atomic E-state index is 5.48. The summed E-state index contributed by atoms with van der Waals surface area (Å²) in [5, 5.41) is 12.8. The van der Waals surface area contributed by atoms with Crippen LogP contribution >= 0.6 is 11.3 Å². The van der Waals surface area contributed by atoms with Crippen LogP contribution in [0.1, 0.15) is 41.7 Å². The molecule has 7 heteroatoms. The Hall–Kier alpha value is -1.99. The highest BCUT2D eigenvalue weighted by molar-refractivity contribution is 7.08. The zero-order valence-electron chi connectivity index (χ0n) is 14.2. The molecule has 126 valence electrons. The van der Waals surface area contributed by atoms with Crippen molar-refractivity contribution < 1.29 is 4.52 Å². The third-order valence-corrected chi connectivity index (χ3v) is 5.53. The van der Waals surface area contributed by atoms with Crippen LogP contribution in [0, 0.1) is 13.8 Å². The van der Waals surface area contributed by atoms with Crippen molar-refractivity contribution in [2.24, 2.45) is 7.05 Å². The number of aryl methyl sites for hydroxylation is 2. The molecule has 1 atom stereocenters. The molecule has 1 aliphatic heterocycles. The number of likely N-dealkylation sites (tertiary alicyclic amines) is 1. The maximum absolute atomic E-state index is 5.48. The van der Waals surface area contributed by atoms with Gasteiger partial charge in [0.15, 0.2) is 0 Å². The molecule has 3 aromatic rings. The summed E-state index contributed by atoms with van der Waals surface area (Å²) in [7, 11) is 2.01. The fraction of sp³-hybridized carbons (Fsp3) is 0.471. The predicted molar refractivity (Wildman–Crippen MR) is 92.7 cm³/mol. The van der Waals surface area contributed by atoms with Crippen LogP contribution in [0.4, 0.5) is 0 Å². The van der Waals surface area contributed by atoms with Crippen molar-refractivity contribution in [1.29, 1.82) is 0 Å². The van der Waals surface area contributed by atoms with E-state index in [0.29, 0.717) is 24.3 Å². The molecule has 0 aromatic carbocycles. The first kappa shape index (κ1) is 15.5. The molecule has 0 bridgehead atoms. The average molecular weight is 343 g/mol. The minimum atomic E-state index is 0.384. The van der Waals surface area contributed by atoms with Crippen LogP contribution in [0.3, 0.4) is 0 Å². The van der Waals surface area contributed by atoms with Crippen LogP contribution in [-0.2, 0) is 13.6 Å². The Labute approximate surface area is 145 Å². The van der Waals surface area contributed by atoms with Crippen LogP contribution in [0.15, 0.2) is 21.3 Å². The van der Waals surface area contributed by atoms with Gasteiger partial charge < -0.3 is 4.52 Å². The zero-order chi connectivity index (χ0) is 16.7. The van der Waals surface area contributed by atoms with Crippen molar-refractivity contribution in [3.63, 3.8) is 0 Å². The van der Waals surface area contributed by atoms with Gasteiger partial charge in [-0.2, -0.15) is 21.4 Å². The summed E-state index contributed by atoms with van der Waals surface area (Å²) in [6.45, 7) is 5.98. The number of nitrogens with zero attached hydrogens (tertiary/aromatic N) is 5. The fourth-order valence-electron chi connectivity index (χ4n) is 3.62. The highest BCUT2D eigenvalue weighted by Crippen LogP contribution is 2.36. The van der Waals surface area contributed by atoms with E-state index >= 15 is 0 Å². The lowest BCUT2D eigenvalue weighted by Gasteiger charge is -2.23. The Bertz CT molecular complexity index is 835. The molecule has 0 aliphatic carbocycles. The Balaban J connectivity index is 1.56. The first-order valence-electron chi connectivity index (χ1n) is 8.23. The van der Waals surface area contributed by atoms with E-state index in [0.717, 1.165) is 24.2 Å². The molecule has 4 heterocycles. The first-order valence-corrected chi connectivity index (χ1v) is 9.17. The van der Waals surface area contributed by atoms with E-state index < -0.39 is 0 Å². The standard InChI is InChI=1S/C17H21N5OS/c1-11-16(12(2)21(3)19-11)14-5-4-7-22(14)9-15-18-17(20-23-15)13-6-8-24-10-13/h6,8,10,14H,4-5,7,9H2,1-3H3. The third-order valence-electron chi connectivity index (χ3n) is 4.85. The third kappa shape index (κ3) is 2.67. The normalized spacial score (nSPS) is 18.5. The van der Waals surface area contributed by atoms with Gasteiger partial charge >= 0.3 is 0 Å². The van der Waals surface area contributed by atoms with Gasteiger partial charge in [0.1, 0.15) is 0 Å². The Morgan fingerprint density at radius 1 is 1.38 bits per heavy atom. The van der Waals surface area contributed by atoms with Gasteiger partial charge in [0.25, 0.3) is 0 Å². The first-order chi connectivity index (χ1) is 11.6. The number of hydrogen-bond donors (Lipinski definition) is 0. The molecule has 1 aliphatic rings. The maximum Gasteiger partial charge on any atom is 0.241 e. The molecule has 1 fully saturated rings. The Morgan fingerprint density at radius 3 is 2.96 bits per heavy atom. The summed E-state index contributed by atoms with van der Waals surface area (Å²) >= 11 is 1.64. The second kappa shape index (κ2) is 6.14. The SMILES string of the molecule is Cc1nn(C)c(C)c1C1CCCN1Cc1nc(-c2ccsc2)no1. The number of thiophene rings is 1. The number of hydrogen-bond acceptors (Lipinski definition) is 6. The molecule has 1 saturated heterocycles. The fourth-order valence-corrected chi connectivity index (χ4v) is 4.25. The molecule has 4 rings (SSSR count). The molecule has 0 spiro atoms. The van der Waals surface area contributed by atoms with Crippen molar-refractivity contribution in [1.82, 2.24) is 24.8 Å². The van der Waals surface area contributed by atoms with E-state index in [1.54, 1.807) is 11.3 Å². The van der Waals surface area contributed by atoms with Gasteiger partial charge in [-0.05, 0) is 44.7 Å². The van der Waals surface area contributed by atoms with E-state index in [2.05, 4.69) is 34.0 Å². The van der Waals surface area contributed by atoms with Crippen LogP contribution in [0.5, 0.6) is 0 Å². The summed E-state index contributed by atoms with van der Waals surface area (Å²) in [6, 6.07) is 2.40. The molecular weight excluding hydrogens is 322 g/mol. The zero-order valence-corrected chi connectivity index (χ0v) is 15.0. The quantitative estimate of drug-likeness (QED) is 0.726. The Kier molecular flexibility index (Phi) is 3.97. The van der Waals surface area contributed by atoms with E-state index in [1.807, 2.05) is 28.6 Å². The highest BCUT2D eigenvalue weighted by Gasteiger charge is 2.31. The van der Waals surface area contributed by atoms with E-state index in [-0.39, 0.29) is 0 Å². The van der Waals surface area contributed by atoms with Crippen molar-refractivity contribution in [3.8, 4) is 11.4 Å². The molecule has 0 N–H and O–H groups in total. The summed E-state index contributed by atoms with van der Waals surface area (Å²) in [5.74, 6) is 1.36. The molecule has 0 radical (unpaired) electrons. The minimum Gasteiger partial charge on any atom is -0.338 e. The van der Waals surface area contributed by atoms with Crippen molar-refractivity contribution in [2.45, 2.75) is 39.3 Å². The molecule has 24 heavy (non-hydrogen) atoms. The summed E-state index contributed by atoms with van der Waals surface area (Å²) in [4.78, 5) is 6.99. The molecule has 1 unspecified atom stereocenters. The van der Waals surface area contributed by atoms with E-state index in [1.165, 1.54) is 17.7 Å². The summed E-state index contributed by atoms with van der Waals surface area (Å²) in [5.41, 5.74) is 4.74. The molecular formula is C17H21N5OS. The van der Waals surface area contributed by atoms with Gasteiger partial charge in [-0.3, -0.25) is 9.58 Å². The average Bonchev–Trinajstić information content (AvgIpc) is 3.30. The largest absolute Gasteiger partial charge is 0.338 e. The van der Waals surface area contributed by atoms with Crippen LogP contribution < -0.4 is 0 Å². The topological polar surface area (TPSA) is 60.0 Å². The molecule has 0 amide bonds. The molecule has 3 aromatic heterocycles. The second-order valence-corrected chi connectivity index (χ2v) is 7.14. The van der Waals surface area contributed by atoms with Gasteiger partial charge in [0, 0.05) is 35.3 Å². The van der Waals surface area contributed by atoms with Gasteiger partial charge in [-0.15, -0.1) is 0 Å². The van der Waals surface area contributed by atoms with E-state index in [9.17, 15) is 0 Å². The lowest BCUT2D eigenvalue weighted by Crippen LogP contribution is -2.23. The van der Waals surface area contributed by atoms with Gasteiger partial charge in [0.05, 0.1) is 12.2 Å². The lowest BCUT2D eigenvalue weighted by molar-refractivity contribution is 0.211. The van der Waals surface area contributed by atoms with Crippen molar-refractivity contribution in [2.75, 3.05) is 6.54 Å². The minimum absolute atomic E-state index is 0.384. The Morgan fingerprint density at radius 2 is 2.25 bits per heavy atom. The highest BCUT2D eigenvalue weighted by atomic mass is 32.1. The van der Waals surface area contributed by atoms with Crippen LogP contribution in [0.25, 0.3) is 11.4 Å². The lowest BCUT2D eigenvalue weighted by atomic mass is 10.0. The van der Waals surface area contributed by atoms with Crippen molar-refractivity contribution >= 4 is 11.3 Å². The monoisotopic (exact) mass is 343 g/mol. The predicted octanol–water partition coefficient (Wildman–Crippen LogP) is 3.49. The van der Waals surface area contributed by atoms with Gasteiger partial charge in [-0.25, -0.2) is 0 Å². The van der Waals surface area contributed by atoms with Crippen molar-refractivity contribution in [3.05, 3.63) is 39.7 Å². The number of rotatable bonds is 4. The van der Waals surface area contributed by atoms with E-state index in [4.69, 9.17) is 4.52 Å². The van der Waals surface area contributed by atoms with Gasteiger partial charge in [0.2, 0.25) is 11.7 Å². The van der Waals surface area contributed by atoms with Crippen LogP contribution in [-0.4, -0.2) is 31.4 Å². The smallest absolute Gasteiger partial charge is 0.241 e. The molecule has 0 saturated carbocycles. The summed E-state index contributed by atoms with van der Waals surface area (Å²) < 4.78 is 7.46. The summed E-state index contributed by atoms with van der Waals surface area (Å²) in [6.07, 6.45) is 2.34.